The number of rotatable bonds is 2. The van der Waals surface area contributed by atoms with E-state index < -0.39 is 0 Å². The summed E-state index contributed by atoms with van der Waals surface area (Å²) in [6.07, 6.45) is 0.255. The number of hydrogen-bond donors (Lipinski definition) is 1. The summed E-state index contributed by atoms with van der Waals surface area (Å²) in [5.41, 5.74) is -0.0558. The molecule has 0 atom stereocenters. The molecule has 1 heterocycles. The lowest BCUT2D eigenvalue weighted by molar-refractivity contribution is 0.606. The van der Waals surface area contributed by atoms with E-state index in [4.69, 9.17) is 10.5 Å². The first-order valence-electron chi connectivity index (χ1n) is 3.35. The highest BCUT2D eigenvalue weighted by Crippen LogP contribution is 1.87. The van der Waals surface area contributed by atoms with Gasteiger partial charge in [0.1, 0.15) is 11.8 Å². The lowest BCUT2D eigenvalue weighted by atomic mass is 10.5. The molecule has 0 amide bonds. The number of hydrogen-bond acceptors (Lipinski definition) is 3. The maximum Gasteiger partial charge on any atom is 0.267 e. The van der Waals surface area contributed by atoms with E-state index in [0.29, 0.717) is 6.54 Å². The van der Waals surface area contributed by atoms with Gasteiger partial charge in [-0.15, -0.1) is 0 Å². The molecule has 1 N–H and O–H groups in total. The summed E-state index contributed by atoms with van der Waals surface area (Å²) < 4.78 is 1.24. The van der Waals surface area contributed by atoms with Crippen molar-refractivity contribution in [3.05, 3.63) is 22.1 Å². The van der Waals surface area contributed by atoms with Gasteiger partial charge in [-0.2, -0.15) is 10.5 Å². The smallest absolute Gasteiger partial charge is 0.267 e. The van der Waals surface area contributed by atoms with E-state index in [9.17, 15) is 4.79 Å². The third-order valence-corrected chi connectivity index (χ3v) is 1.36. The maximum atomic E-state index is 11.0. The van der Waals surface area contributed by atoms with Gasteiger partial charge < -0.3 is 0 Å². The van der Waals surface area contributed by atoms with Crippen LogP contribution >= 0.6 is 0 Å². The molecule has 0 saturated heterocycles. The SMILES string of the molecule is N#CCCn1[nH]c(C#N)cc1=O. The summed E-state index contributed by atoms with van der Waals surface area (Å²) in [7, 11) is 0. The zero-order valence-electron chi connectivity index (χ0n) is 6.24. The monoisotopic (exact) mass is 162 g/mol. The highest BCUT2D eigenvalue weighted by molar-refractivity contribution is 5.16. The number of aromatic amines is 1. The molecule has 0 aromatic carbocycles. The Morgan fingerprint density at radius 1 is 1.58 bits per heavy atom. The Balaban J connectivity index is 2.89. The fourth-order valence-corrected chi connectivity index (χ4v) is 0.819. The first-order chi connectivity index (χ1) is 5.77. The number of nitrogens with one attached hydrogen (secondary N) is 1. The second-order valence-corrected chi connectivity index (χ2v) is 2.18. The zero-order chi connectivity index (χ0) is 8.97. The fraction of sp³-hybridized carbons (Fsp3) is 0.286. The largest absolute Gasteiger partial charge is 0.285 e. The predicted molar refractivity (Wildman–Crippen MR) is 40.0 cm³/mol. The van der Waals surface area contributed by atoms with Crippen LogP contribution in [0.1, 0.15) is 12.1 Å². The van der Waals surface area contributed by atoms with Crippen molar-refractivity contribution in [2.24, 2.45) is 0 Å². The molecule has 0 bridgehead atoms. The molecule has 0 unspecified atom stereocenters. The molecule has 1 rings (SSSR count). The van der Waals surface area contributed by atoms with Crippen LogP contribution in [0.25, 0.3) is 0 Å². The lowest BCUT2D eigenvalue weighted by Gasteiger charge is -1.93. The summed E-state index contributed by atoms with van der Waals surface area (Å²) in [6.45, 7) is 0.303. The van der Waals surface area contributed by atoms with Crippen LogP contribution in [0.2, 0.25) is 0 Å². The van der Waals surface area contributed by atoms with E-state index in [-0.39, 0.29) is 17.7 Å². The number of nitrogens with zero attached hydrogens (tertiary/aromatic N) is 3. The average Bonchev–Trinajstić information content (AvgIpc) is 2.43. The van der Waals surface area contributed by atoms with Gasteiger partial charge >= 0.3 is 0 Å². The molecule has 0 fully saturated rings. The van der Waals surface area contributed by atoms with Crippen LogP contribution in [0.5, 0.6) is 0 Å². The first kappa shape index (κ1) is 8.09. The summed E-state index contributed by atoms with van der Waals surface area (Å²) in [4.78, 5) is 11.0. The Kier molecular flexibility index (Phi) is 2.29. The van der Waals surface area contributed by atoms with Crippen molar-refractivity contribution in [3.63, 3.8) is 0 Å². The predicted octanol–water partition coefficient (Wildman–Crippen LogP) is -0.0382. The van der Waals surface area contributed by atoms with Crippen molar-refractivity contribution in [3.8, 4) is 12.1 Å². The summed E-state index contributed by atoms with van der Waals surface area (Å²) in [5, 5.41) is 19.2. The average molecular weight is 162 g/mol. The van der Waals surface area contributed by atoms with Gasteiger partial charge in [-0.25, -0.2) is 0 Å². The van der Waals surface area contributed by atoms with Crippen LogP contribution in [0.4, 0.5) is 0 Å². The molecule has 1 aromatic rings. The van der Waals surface area contributed by atoms with Crippen LogP contribution in [0.3, 0.4) is 0 Å². The Hall–Kier alpha value is -2.01. The molecule has 60 valence electrons. The van der Waals surface area contributed by atoms with E-state index >= 15 is 0 Å². The van der Waals surface area contributed by atoms with Crippen LogP contribution in [-0.4, -0.2) is 9.78 Å². The lowest BCUT2D eigenvalue weighted by Crippen LogP contribution is -2.15. The number of aromatic nitrogens is 2. The number of H-pyrrole nitrogens is 1. The second kappa shape index (κ2) is 3.40. The van der Waals surface area contributed by atoms with Gasteiger partial charge in [0.2, 0.25) is 0 Å². The summed E-state index contributed by atoms with van der Waals surface area (Å²) >= 11 is 0. The second-order valence-electron chi connectivity index (χ2n) is 2.18. The van der Waals surface area contributed by atoms with E-state index in [1.165, 1.54) is 10.7 Å². The van der Waals surface area contributed by atoms with Crippen molar-refractivity contribution >= 4 is 0 Å². The molecular formula is C7H6N4O. The van der Waals surface area contributed by atoms with E-state index in [0.717, 1.165) is 0 Å². The molecule has 0 saturated carbocycles. The van der Waals surface area contributed by atoms with Crippen molar-refractivity contribution in [1.29, 1.82) is 10.5 Å². The maximum absolute atomic E-state index is 11.0. The van der Waals surface area contributed by atoms with Gasteiger partial charge in [0.15, 0.2) is 0 Å². The standard InChI is InChI=1S/C7H6N4O/c8-2-1-3-11-7(12)4-6(5-9)10-11/h4,10H,1,3H2. The minimum absolute atomic E-state index is 0.220. The third kappa shape index (κ3) is 1.53. The molecule has 0 aliphatic rings. The van der Waals surface area contributed by atoms with E-state index in [1.54, 1.807) is 6.07 Å². The molecule has 0 aliphatic heterocycles. The Morgan fingerprint density at radius 2 is 2.33 bits per heavy atom. The Bertz CT molecular complexity index is 400. The molecule has 5 nitrogen and oxygen atoms in total. The minimum atomic E-state index is -0.276. The normalized spacial score (nSPS) is 8.83. The van der Waals surface area contributed by atoms with Crippen molar-refractivity contribution in [1.82, 2.24) is 9.78 Å². The van der Waals surface area contributed by atoms with Crippen LogP contribution in [0.15, 0.2) is 10.9 Å². The Morgan fingerprint density at radius 3 is 2.83 bits per heavy atom. The molecular weight excluding hydrogens is 156 g/mol. The highest BCUT2D eigenvalue weighted by atomic mass is 16.1. The molecule has 0 spiro atoms. The third-order valence-electron chi connectivity index (χ3n) is 1.36. The Labute approximate surface area is 68.4 Å². The van der Waals surface area contributed by atoms with Gasteiger partial charge in [-0.05, 0) is 0 Å². The quantitative estimate of drug-likeness (QED) is 0.662. The zero-order valence-corrected chi connectivity index (χ0v) is 6.24. The van der Waals surface area contributed by atoms with Gasteiger partial charge in [-0.1, -0.05) is 0 Å². The molecule has 5 heteroatoms. The molecule has 0 aliphatic carbocycles. The summed E-state index contributed by atoms with van der Waals surface area (Å²) in [6, 6.07) is 4.92. The van der Waals surface area contributed by atoms with Crippen molar-refractivity contribution < 1.29 is 0 Å². The highest BCUT2D eigenvalue weighted by Gasteiger charge is 1.99. The summed E-state index contributed by atoms with van der Waals surface area (Å²) in [5.74, 6) is 0. The molecule has 1 aromatic heterocycles. The van der Waals surface area contributed by atoms with Gasteiger partial charge in [0.25, 0.3) is 5.56 Å². The fourth-order valence-electron chi connectivity index (χ4n) is 0.819. The van der Waals surface area contributed by atoms with Crippen LogP contribution < -0.4 is 5.56 Å². The van der Waals surface area contributed by atoms with Gasteiger partial charge in [-0.3, -0.25) is 14.6 Å². The van der Waals surface area contributed by atoms with Crippen molar-refractivity contribution in [2.75, 3.05) is 0 Å². The number of nitriles is 2. The van der Waals surface area contributed by atoms with E-state index in [1.807, 2.05) is 6.07 Å². The van der Waals surface area contributed by atoms with Crippen molar-refractivity contribution in [2.45, 2.75) is 13.0 Å². The van der Waals surface area contributed by atoms with Gasteiger partial charge in [0.05, 0.1) is 19.0 Å². The van der Waals surface area contributed by atoms with Crippen LogP contribution in [0, 0.1) is 22.7 Å². The van der Waals surface area contributed by atoms with Gasteiger partial charge in [0, 0.05) is 6.07 Å². The molecule has 0 radical (unpaired) electrons. The molecule has 12 heavy (non-hydrogen) atoms. The van der Waals surface area contributed by atoms with Crippen LogP contribution in [-0.2, 0) is 6.54 Å². The number of aryl methyl sites for hydroxylation is 1. The first-order valence-corrected chi connectivity index (χ1v) is 3.35. The topological polar surface area (TPSA) is 85.4 Å². The minimum Gasteiger partial charge on any atom is -0.285 e. The van der Waals surface area contributed by atoms with E-state index in [2.05, 4.69) is 5.10 Å².